The highest BCUT2D eigenvalue weighted by molar-refractivity contribution is 5.92. The van der Waals surface area contributed by atoms with Crippen LogP contribution in [0.1, 0.15) is 23.3 Å². The molecule has 0 radical (unpaired) electrons. The molecule has 1 aliphatic heterocycles. The first kappa shape index (κ1) is 12.8. The lowest BCUT2D eigenvalue weighted by molar-refractivity contribution is 0.0938. The Hall–Kier alpha value is -1.69. The first-order valence-electron chi connectivity index (χ1n) is 6.19. The van der Waals surface area contributed by atoms with Gasteiger partial charge in [-0.1, -0.05) is 0 Å². The minimum atomic E-state index is -0.167. The van der Waals surface area contributed by atoms with Gasteiger partial charge < -0.3 is 15.5 Å². The smallest absolute Gasteiger partial charge is 0.271 e. The third-order valence-electron chi connectivity index (χ3n) is 3.29. The van der Waals surface area contributed by atoms with Crippen LogP contribution in [0.15, 0.2) is 12.4 Å². The van der Waals surface area contributed by atoms with Crippen LogP contribution in [0.3, 0.4) is 0 Å². The summed E-state index contributed by atoms with van der Waals surface area (Å²) in [6.07, 6.45) is 5.40. The molecular weight excluding hydrogens is 230 g/mol. The van der Waals surface area contributed by atoms with Crippen molar-refractivity contribution in [2.45, 2.75) is 18.9 Å². The maximum Gasteiger partial charge on any atom is 0.271 e. The largest absolute Gasteiger partial charge is 0.372 e. The average molecular weight is 249 g/mol. The second-order valence-electron chi connectivity index (χ2n) is 4.53. The molecule has 0 aromatic carbocycles. The maximum absolute atomic E-state index is 11.9. The second kappa shape index (κ2) is 5.77. The molecule has 6 heteroatoms. The zero-order chi connectivity index (χ0) is 13.0. The average Bonchev–Trinajstić information content (AvgIpc) is 2.81. The van der Waals surface area contributed by atoms with E-state index in [1.807, 2.05) is 0 Å². The van der Waals surface area contributed by atoms with Crippen LogP contribution in [0.4, 0.5) is 5.82 Å². The van der Waals surface area contributed by atoms with Gasteiger partial charge in [-0.15, -0.1) is 0 Å². The summed E-state index contributed by atoms with van der Waals surface area (Å²) in [7, 11) is 3.84. The van der Waals surface area contributed by atoms with Crippen molar-refractivity contribution >= 4 is 11.7 Å². The fourth-order valence-electron chi connectivity index (χ4n) is 2.13. The van der Waals surface area contributed by atoms with Crippen LogP contribution in [0.2, 0.25) is 0 Å². The van der Waals surface area contributed by atoms with Crippen molar-refractivity contribution in [3.8, 4) is 0 Å². The normalized spacial score (nSPS) is 19.8. The molecule has 1 fully saturated rings. The molecule has 2 N–H and O–H groups in total. The number of hydrogen-bond acceptors (Lipinski definition) is 5. The molecule has 98 valence electrons. The molecule has 2 rings (SSSR count). The van der Waals surface area contributed by atoms with Gasteiger partial charge in [-0.25, -0.2) is 4.98 Å². The fraction of sp³-hybridized carbons (Fsp3) is 0.583. The SMILES string of the molecule is CNc1cncc(C(=O)NCC2CCCN2C)n1. The minimum Gasteiger partial charge on any atom is -0.372 e. The van der Waals surface area contributed by atoms with Crippen LogP contribution in [0, 0.1) is 0 Å². The van der Waals surface area contributed by atoms with Crippen molar-refractivity contribution in [1.29, 1.82) is 0 Å². The number of carbonyl (C=O) groups excluding carboxylic acids is 1. The lowest BCUT2D eigenvalue weighted by Gasteiger charge is -2.19. The molecule has 6 nitrogen and oxygen atoms in total. The number of rotatable bonds is 4. The maximum atomic E-state index is 11.9. The van der Waals surface area contributed by atoms with Crippen molar-refractivity contribution < 1.29 is 4.79 Å². The van der Waals surface area contributed by atoms with Gasteiger partial charge in [0.25, 0.3) is 5.91 Å². The number of aromatic nitrogens is 2. The topological polar surface area (TPSA) is 70.2 Å². The summed E-state index contributed by atoms with van der Waals surface area (Å²) in [5.74, 6) is 0.431. The number of amides is 1. The minimum absolute atomic E-state index is 0.167. The Morgan fingerprint density at radius 3 is 3.06 bits per heavy atom. The third-order valence-corrected chi connectivity index (χ3v) is 3.29. The summed E-state index contributed by atoms with van der Waals surface area (Å²) in [4.78, 5) is 22.3. The molecule has 1 amide bonds. The second-order valence-corrected chi connectivity index (χ2v) is 4.53. The Kier molecular flexibility index (Phi) is 4.09. The Labute approximate surface area is 107 Å². The van der Waals surface area contributed by atoms with Crippen molar-refractivity contribution in [2.24, 2.45) is 0 Å². The van der Waals surface area contributed by atoms with Crippen LogP contribution < -0.4 is 10.6 Å². The predicted molar refractivity (Wildman–Crippen MR) is 69.6 cm³/mol. The van der Waals surface area contributed by atoms with Gasteiger partial charge >= 0.3 is 0 Å². The monoisotopic (exact) mass is 249 g/mol. The van der Waals surface area contributed by atoms with E-state index in [0.717, 1.165) is 13.0 Å². The van der Waals surface area contributed by atoms with Crippen molar-refractivity contribution in [1.82, 2.24) is 20.2 Å². The zero-order valence-corrected chi connectivity index (χ0v) is 10.8. The van der Waals surface area contributed by atoms with Crippen LogP contribution in [-0.2, 0) is 0 Å². The van der Waals surface area contributed by atoms with Gasteiger partial charge in [0.05, 0.1) is 12.4 Å². The number of likely N-dealkylation sites (N-methyl/N-ethyl adjacent to an activating group) is 1. The molecule has 0 spiro atoms. The van der Waals surface area contributed by atoms with Gasteiger partial charge in [-0.05, 0) is 26.4 Å². The first-order valence-corrected chi connectivity index (χ1v) is 6.19. The molecule has 1 unspecified atom stereocenters. The van der Waals surface area contributed by atoms with Crippen LogP contribution >= 0.6 is 0 Å². The first-order chi connectivity index (χ1) is 8.70. The van der Waals surface area contributed by atoms with E-state index in [-0.39, 0.29) is 5.91 Å². The molecule has 1 aromatic heterocycles. The number of carbonyl (C=O) groups is 1. The van der Waals surface area contributed by atoms with Gasteiger partial charge in [0, 0.05) is 19.6 Å². The Morgan fingerprint density at radius 1 is 1.56 bits per heavy atom. The summed E-state index contributed by atoms with van der Waals surface area (Å²) in [5.41, 5.74) is 0.350. The molecule has 1 aliphatic rings. The lowest BCUT2D eigenvalue weighted by atomic mass is 10.2. The van der Waals surface area contributed by atoms with E-state index >= 15 is 0 Å². The quantitative estimate of drug-likeness (QED) is 0.805. The van der Waals surface area contributed by atoms with Crippen molar-refractivity contribution in [3.05, 3.63) is 18.1 Å². The summed E-state index contributed by atoms with van der Waals surface area (Å²) in [6.45, 7) is 1.77. The molecule has 18 heavy (non-hydrogen) atoms. The molecule has 0 saturated carbocycles. The molecule has 2 heterocycles. The van der Waals surface area contributed by atoms with Crippen LogP contribution in [0.5, 0.6) is 0 Å². The number of likely N-dealkylation sites (tertiary alicyclic amines) is 1. The highest BCUT2D eigenvalue weighted by Crippen LogP contribution is 2.13. The van der Waals surface area contributed by atoms with E-state index in [2.05, 4.69) is 32.5 Å². The van der Waals surface area contributed by atoms with E-state index in [9.17, 15) is 4.79 Å². The van der Waals surface area contributed by atoms with Gasteiger partial charge in [-0.3, -0.25) is 9.78 Å². The Morgan fingerprint density at radius 2 is 2.39 bits per heavy atom. The molecule has 1 saturated heterocycles. The van der Waals surface area contributed by atoms with Gasteiger partial charge in [0.2, 0.25) is 0 Å². The fourth-order valence-corrected chi connectivity index (χ4v) is 2.13. The van der Waals surface area contributed by atoms with E-state index in [0.29, 0.717) is 24.1 Å². The number of hydrogen-bond donors (Lipinski definition) is 2. The lowest BCUT2D eigenvalue weighted by Crippen LogP contribution is -2.38. The third kappa shape index (κ3) is 2.95. The summed E-state index contributed by atoms with van der Waals surface area (Å²) in [5, 5.41) is 5.78. The highest BCUT2D eigenvalue weighted by atomic mass is 16.1. The summed E-state index contributed by atoms with van der Waals surface area (Å²) >= 11 is 0. The van der Waals surface area contributed by atoms with Gasteiger partial charge in [-0.2, -0.15) is 0 Å². The van der Waals surface area contributed by atoms with E-state index in [1.54, 1.807) is 13.2 Å². The molecule has 0 aliphatic carbocycles. The van der Waals surface area contributed by atoms with Crippen LogP contribution in [0.25, 0.3) is 0 Å². The molecular formula is C12H19N5O. The van der Waals surface area contributed by atoms with Gasteiger partial charge in [0.15, 0.2) is 0 Å². The Bertz CT molecular complexity index is 423. The summed E-state index contributed by atoms with van der Waals surface area (Å²) in [6, 6.07) is 0.439. The van der Waals surface area contributed by atoms with E-state index in [1.165, 1.54) is 12.6 Å². The van der Waals surface area contributed by atoms with E-state index < -0.39 is 0 Å². The summed E-state index contributed by atoms with van der Waals surface area (Å²) < 4.78 is 0. The molecule has 1 atom stereocenters. The molecule has 1 aromatic rings. The molecule has 0 bridgehead atoms. The number of anilines is 1. The van der Waals surface area contributed by atoms with Crippen molar-refractivity contribution in [2.75, 3.05) is 32.5 Å². The van der Waals surface area contributed by atoms with Crippen molar-refractivity contribution in [3.63, 3.8) is 0 Å². The van der Waals surface area contributed by atoms with E-state index in [4.69, 9.17) is 0 Å². The zero-order valence-electron chi connectivity index (χ0n) is 10.8. The standard InChI is InChI=1S/C12H19N5O/c1-13-11-8-14-7-10(16-11)12(18)15-6-9-4-3-5-17(9)2/h7-9H,3-6H2,1-2H3,(H,13,16)(H,15,18). The Balaban J connectivity index is 1.90. The predicted octanol–water partition coefficient (Wildman–Crippen LogP) is 0.342. The van der Waals surface area contributed by atoms with Gasteiger partial charge in [0.1, 0.15) is 11.5 Å². The highest BCUT2D eigenvalue weighted by Gasteiger charge is 2.21. The number of nitrogens with one attached hydrogen (secondary N) is 2. The number of nitrogens with zero attached hydrogens (tertiary/aromatic N) is 3. The van der Waals surface area contributed by atoms with Crippen LogP contribution in [-0.4, -0.2) is 54.0 Å².